The number of aromatic nitrogens is 2. The number of halogens is 2. The molecule has 2 aromatic heterocycles. The summed E-state index contributed by atoms with van der Waals surface area (Å²) < 4.78 is 3.41. The van der Waals surface area contributed by atoms with E-state index in [1.165, 1.54) is 9.13 Å². The Balaban J connectivity index is 2.09. The second kappa shape index (κ2) is 4.90. The van der Waals surface area contributed by atoms with Gasteiger partial charge in [-0.3, -0.25) is 0 Å². The fourth-order valence-electron chi connectivity index (χ4n) is 2.03. The van der Waals surface area contributed by atoms with Gasteiger partial charge in [0.15, 0.2) is 0 Å². The normalized spacial score (nSPS) is 11.0. The molecule has 0 aliphatic carbocycles. The average Bonchev–Trinajstić information content (AvgIpc) is 2.67. The van der Waals surface area contributed by atoms with Crippen LogP contribution in [0.2, 0.25) is 5.15 Å². The highest BCUT2D eigenvalue weighted by Crippen LogP contribution is 2.25. The number of hydrogen-bond acceptors (Lipinski definition) is 1. The van der Waals surface area contributed by atoms with Gasteiger partial charge < -0.3 is 4.57 Å². The van der Waals surface area contributed by atoms with Crippen LogP contribution >= 0.6 is 34.2 Å². The highest BCUT2D eigenvalue weighted by molar-refractivity contribution is 14.1. The van der Waals surface area contributed by atoms with E-state index >= 15 is 0 Å². The standard InChI is InChI=1S/C14H10ClIN2/c15-14-6-13-11(7-17-14)12(16)9-18(13)8-10-4-2-1-3-5-10/h1-7,9H,8H2. The van der Waals surface area contributed by atoms with Crippen molar-refractivity contribution in [1.29, 1.82) is 0 Å². The fourth-order valence-corrected chi connectivity index (χ4v) is 2.93. The van der Waals surface area contributed by atoms with Crippen molar-refractivity contribution in [2.75, 3.05) is 0 Å². The van der Waals surface area contributed by atoms with Crippen molar-refractivity contribution in [2.24, 2.45) is 0 Å². The molecule has 0 N–H and O–H groups in total. The van der Waals surface area contributed by atoms with Crippen molar-refractivity contribution in [3.63, 3.8) is 0 Å². The monoisotopic (exact) mass is 368 g/mol. The molecule has 3 aromatic rings. The van der Waals surface area contributed by atoms with E-state index in [0.29, 0.717) is 5.15 Å². The van der Waals surface area contributed by atoms with E-state index in [2.05, 4.69) is 62.6 Å². The highest BCUT2D eigenvalue weighted by Gasteiger charge is 2.08. The van der Waals surface area contributed by atoms with Gasteiger partial charge in [0.05, 0.1) is 5.52 Å². The molecule has 0 aliphatic heterocycles. The summed E-state index contributed by atoms with van der Waals surface area (Å²) >= 11 is 8.31. The lowest BCUT2D eigenvalue weighted by Gasteiger charge is -2.05. The van der Waals surface area contributed by atoms with E-state index in [-0.39, 0.29) is 0 Å². The Labute approximate surface area is 124 Å². The first-order valence-electron chi connectivity index (χ1n) is 5.58. The van der Waals surface area contributed by atoms with Crippen LogP contribution in [-0.4, -0.2) is 9.55 Å². The van der Waals surface area contributed by atoms with Crippen LogP contribution in [0.4, 0.5) is 0 Å². The topological polar surface area (TPSA) is 17.8 Å². The van der Waals surface area contributed by atoms with Gasteiger partial charge in [0.2, 0.25) is 0 Å². The van der Waals surface area contributed by atoms with Gasteiger partial charge in [-0.1, -0.05) is 41.9 Å². The molecule has 2 nitrogen and oxygen atoms in total. The van der Waals surface area contributed by atoms with E-state index in [0.717, 1.165) is 17.4 Å². The second-order valence-electron chi connectivity index (χ2n) is 4.11. The summed E-state index contributed by atoms with van der Waals surface area (Å²) in [5, 5.41) is 1.68. The summed E-state index contributed by atoms with van der Waals surface area (Å²) in [6.07, 6.45) is 3.97. The molecule has 0 fully saturated rings. The molecule has 2 heterocycles. The van der Waals surface area contributed by atoms with Crippen molar-refractivity contribution in [3.8, 4) is 0 Å². The number of benzene rings is 1. The Kier molecular flexibility index (Phi) is 3.26. The molecule has 0 saturated heterocycles. The van der Waals surface area contributed by atoms with Crippen LogP contribution in [0.15, 0.2) is 48.8 Å². The number of hydrogen-bond donors (Lipinski definition) is 0. The number of pyridine rings is 1. The predicted octanol–water partition coefficient (Wildman–Crippen LogP) is 4.34. The predicted molar refractivity (Wildman–Crippen MR) is 83.0 cm³/mol. The Morgan fingerprint density at radius 3 is 2.78 bits per heavy atom. The van der Waals surface area contributed by atoms with Crippen molar-refractivity contribution >= 4 is 45.1 Å². The molecule has 1 aromatic carbocycles. The maximum absolute atomic E-state index is 5.98. The Morgan fingerprint density at radius 1 is 1.22 bits per heavy atom. The van der Waals surface area contributed by atoms with Crippen molar-refractivity contribution < 1.29 is 0 Å². The first-order chi connectivity index (χ1) is 8.74. The van der Waals surface area contributed by atoms with Crippen LogP contribution in [0.25, 0.3) is 10.9 Å². The van der Waals surface area contributed by atoms with E-state index in [4.69, 9.17) is 11.6 Å². The summed E-state index contributed by atoms with van der Waals surface area (Å²) in [5.41, 5.74) is 2.40. The lowest BCUT2D eigenvalue weighted by Crippen LogP contribution is -1.97. The Hall–Kier alpha value is -1.07. The largest absolute Gasteiger partial charge is 0.342 e. The summed E-state index contributed by atoms with van der Waals surface area (Å²) in [5.74, 6) is 0. The van der Waals surface area contributed by atoms with Crippen LogP contribution < -0.4 is 0 Å². The lowest BCUT2D eigenvalue weighted by molar-refractivity contribution is 0.835. The molecule has 0 aliphatic rings. The molecule has 0 spiro atoms. The third kappa shape index (κ3) is 2.24. The minimum Gasteiger partial charge on any atom is -0.342 e. The minimum atomic E-state index is 0.534. The van der Waals surface area contributed by atoms with Gasteiger partial charge in [-0.15, -0.1) is 0 Å². The van der Waals surface area contributed by atoms with Crippen LogP contribution in [0.5, 0.6) is 0 Å². The van der Waals surface area contributed by atoms with Gasteiger partial charge in [-0.05, 0) is 34.2 Å². The van der Waals surface area contributed by atoms with Crippen LogP contribution in [0, 0.1) is 3.57 Å². The molecule has 4 heteroatoms. The zero-order chi connectivity index (χ0) is 12.5. The average molecular weight is 369 g/mol. The van der Waals surface area contributed by atoms with E-state index in [1.807, 2.05) is 18.3 Å². The summed E-state index contributed by atoms with van der Waals surface area (Å²) in [6.45, 7) is 0.848. The summed E-state index contributed by atoms with van der Waals surface area (Å²) in [7, 11) is 0. The van der Waals surface area contributed by atoms with Gasteiger partial charge in [0, 0.05) is 27.9 Å². The third-order valence-electron chi connectivity index (χ3n) is 2.88. The summed E-state index contributed by atoms with van der Waals surface area (Å²) in [6, 6.07) is 12.3. The molecule has 0 atom stereocenters. The summed E-state index contributed by atoms with van der Waals surface area (Å²) in [4.78, 5) is 4.14. The van der Waals surface area contributed by atoms with Gasteiger partial charge in [0.25, 0.3) is 0 Å². The Bertz CT molecular complexity index is 692. The van der Waals surface area contributed by atoms with Crippen LogP contribution in [0.1, 0.15) is 5.56 Å². The molecule has 0 unspecified atom stereocenters. The van der Waals surface area contributed by atoms with Crippen LogP contribution in [0.3, 0.4) is 0 Å². The second-order valence-corrected chi connectivity index (χ2v) is 5.66. The first-order valence-corrected chi connectivity index (χ1v) is 7.03. The molecule has 0 radical (unpaired) electrons. The SMILES string of the molecule is Clc1cc2c(cn1)c(I)cn2Cc1ccccc1. The van der Waals surface area contributed by atoms with Gasteiger partial charge in [0.1, 0.15) is 5.15 Å². The molecule has 0 amide bonds. The van der Waals surface area contributed by atoms with E-state index in [1.54, 1.807) is 0 Å². The fraction of sp³-hybridized carbons (Fsp3) is 0.0714. The maximum Gasteiger partial charge on any atom is 0.131 e. The lowest BCUT2D eigenvalue weighted by atomic mass is 10.2. The quantitative estimate of drug-likeness (QED) is 0.486. The van der Waals surface area contributed by atoms with E-state index < -0.39 is 0 Å². The number of nitrogens with zero attached hydrogens (tertiary/aromatic N) is 2. The molecule has 0 bridgehead atoms. The molecular formula is C14H10ClIN2. The van der Waals surface area contributed by atoms with Crippen molar-refractivity contribution in [2.45, 2.75) is 6.54 Å². The molecular weight excluding hydrogens is 359 g/mol. The Morgan fingerprint density at radius 2 is 2.00 bits per heavy atom. The highest BCUT2D eigenvalue weighted by atomic mass is 127. The van der Waals surface area contributed by atoms with Crippen molar-refractivity contribution in [1.82, 2.24) is 9.55 Å². The maximum atomic E-state index is 5.98. The molecule has 0 saturated carbocycles. The molecule has 18 heavy (non-hydrogen) atoms. The van der Waals surface area contributed by atoms with Crippen molar-refractivity contribution in [3.05, 3.63) is 63.1 Å². The third-order valence-corrected chi connectivity index (χ3v) is 3.95. The molecule has 90 valence electrons. The van der Waals surface area contributed by atoms with Crippen LogP contribution in [-0.2, 0) is 6.54 Å². The smallest absolute Gasteiger partial charge is 0.131 e. The zero-order valence-electron chi connectivity index (χ0n) is 9.48. The van der Waals surface area contributed by atoms with Gasteiger partial charge >= 0.3 is 0 Å². The molecule has 3 rings (SSSR count). The van der Waals surface area contributed by atoms with Gasteiger partial charge in [-0.2, -0.15) is 0 Å². The zero-order valence-corrected chi connectivity index (χ0v) is 12.4. The first kappa shape index (κ1) is 12.0. The number of rotatable bonds is 2. The minimum absolute atomic E-state index is 0.534. The number of fused-ring (bicyclic) bond motifs is 1. The van der Waals surface area contributed by atoms with E-state index in [9.17, 15) is 0 Å². The van der Waals surface area contributed by atoms with Gasteiger partial charge in [-0.25, -0.2) is 4.98 Å².